The minimum absolute atomic E-state index is 0.100. The van der Waals surface area contributed by atoms with E-state index in [-0.39, 0.29) is 5.91 Å². The first-order valence-electron chi connectivity index (χ1n) is 10.7. The number of hydrogen-bond donors (Lipinski definition) is 0. The Morgan fingerprint density at radius 3 is 2.16 bits per heavy atom. The van der Waals surface area contributed by atoms with E-state index >= 15 is 0 Å². The van der Waals surface area contributed by atoms with Crippen LogP contribution < -0.4 is 9.64 Å². The Balaban J connectivity index is 1.38. The van der Waals surface area contributed by atoms with Gasteiger partial charge in [-0.05, 0) is 69.3 Å². The van der Waals surface area contributed by atoms with E-state index in [0.29, 0.717) is 19.7 Å². The lowest BCUT2D eigenvalue weighted by molar-refractivity contribution is 0.0746. The van der Waals surface area contributed by atoms with Gasteiger partial charge < -0.3 is 14.5 Å². The summed E-state index contributed by atoms with van der Waals surface area (Å²) in [6.07, 6.45) is 0. The van der Waals surface area contributed by atoms with Crippen LogP contribution in [0.4, 0.5) is 5.82 Å². The molecule has 0 unspecified atom stereocenters. The molecule has 0 saturated carbocycles. The topological polar surface area (TPSA) is 58.6 Å². The van der Waals surface area contributed by atoms with E-state index in [1.54, 1.807) is 0 Å². The number of piperazine rings is 1. The molecule has 1 aromatic heterocycles. The standard InChI is InChI=1S/C25H28N4O2/c1-4-31-22-7-5-20(6-8-22)23-9-10-24(27-26-23)28-11-13-29(14-12-28)25(30)21-16-18(2)15-19(3)17-21/h5-10,15-17H,4,11-14H2,1-3H3. The van der Waals surface area contributed by atoms with Crippen molar-refractivity contribution >= 4 is 11.7 Å². The molecule has 4 rings (SSSR count). The molecule has 1 aliphatic rings. The van der Waals surface area contributed by atoms with Crippen LogP contribution in [0.15, 0.2) is 54.6 Å². The van der Waals surface area contributed by atoms with Gasteiger partial charge in [-0.25, -0.2) is 0 Å². The summed E-state index contributed by atoms with van der Waals surface area (Å²) in [5, 5.41) is 8.84. The molecule has 0 spiro atoms. The van der Waals surface area contributed by atoms with Gasteiger partial charge in [0.25, 0.3) is 5.91 Å². The summed E-state index contributed by atoms with van der Waals surface area (Å²) in [6.45, 7) is 9.51. The number of amides is 1. The fourth-order valence-electron chi connectivity index (χ4n) is 3.96. The Morgan fingerprint density at radius 1 is 0.903 bits per heavy atom. The van der Waals surface area contributed by atoms with Gasteiger partial charge in [0, 0.05) is 37.3 Å². The fraction of sp³-hybridized carbons (Fsp3) is 0.320. The number of hydrogen-bond acceptors (Lipinski definition) is 5. The van der Waals surface area contributed by atoms with Crippen LogP contribution in [0.2, 0.25) is 0 Å². The molecule has 1 aliphatic heterocycles. The second kappa shape index (κ2) is 9.16. The van der Waals surface area contributed by atoms with E-state index in [1.807, 2.05) is 74.2 Å². The van der Waals surface area contributed by atoms with E-state index in [1.165, 1.54) is 0 Å². The highest BCUT2D eigenvalue weighted by atomic mass is 16.5. The zero-order chi connectivity index (χ0) is 21.8. The van der Waals surface area contributed by atoms with Crippen LogP contribution in [0.5, 0.6) is 5.75 Å². The van der Waals surface area contributed by atoms with Crippen molar-refractivity contribution in [2.24, 2.45) is 0 Å². The summed E-state index contributed by atoms with van der Waals surface area (Å²) in [5.74, 6) is 1.79. The van der Waals surface area contributed by atoms with Gasteiger partial charge in [-0.15, -0.1) is 10.2 Å². The molecule has 1 saturated heterocycles. The van der Waals surface area contributed by atoms with Crippen molar-refractivity contribution in [1.29, 1.82) is 0 Å². The first-order chi connectivity index (χ1) is 15.0. The summed E-state index contributed by atoms with van der Waals surface area (Å²) >= 11 is 0. The third-order valence-electron chi connectivity index (χ3n) is 5.47. The Kier molecular flexibility index (Phi) is 6.16. The van der Waals surface area contributed by atoms with Crippen LogP contribution in [0.1, 0.15) is 28.4 Å². The summed E-state index contributed by atoms with van der Waals surface area (Å²) < 4.78 is 5.49. The maximum absolute atomic E-state index is 12.9. The number of anilines is 1. The van der Waals surface area contributed by atoms with Crippen LogP contribution in [0.3, 0.4) is 0 Å². The number of rotatable bonds is 5. The van der Waals surface area contributed by atoms with Crippen molar-refractivity contribution in [2.45, 2.75) is 20.8 Å². The quantitative estimate of drug-likeness (QED) is 0.626. The summed E-state index contributed by atoms with van der Waals surface area (Å²) in [4.78, 5) is 17.0. The molecule has 2 aromatic carbocycles. The van der Waals surface area contributed by atoms with Crippen molar-refractivity contribution in [2.75, 3.05) is 37.7 Å². The first kappa shape index (κ1) is 20.8. The largest absolute Gasteiger partial charge is 0.494 e. The van der Waals surface area contributed by atoms with Crippen molar-refractivity contribution in [3.05, 3.63) is 71.3 Å². The average Bonchev–Trinajstić information content (AvgIpc) is 2.79. The number of nitrogens with zero attached hydrogens (tertiary/aromatic N) is 4. The van der Waals surface area contributed by atoms with Gasteiger partial charge in [0.2, 0.25) is 0 Å². The van der Waals surface area contributed by atoms with Crippen LogP contribution in [-0.2, 0) is 0 Å². The second-order valence-corrected chi connectivity index (χ2v) is 7.89. The zero-order valence-corrected chi connectivity index (χ0v) is 18.3. The number of aromatic nitrogens is 2. The Morgan fingerprint density at radius 2 is 1.58 bits per heavy atom. The number of aryl methyl sites for hydroxylation is 2. The number of carbonyl (C=O) groups is 1. The van der Waals surface area contributed by atoms with E-state index in [4.69, 9.17) is 4.74 Å². The highest BCUT2D eigenvalue weighted by molar-refractivity contribution is 5.94. The number of benzene rings is 2. The van der Waals surface area contributed by atoms with Crippen LogP contribution in [0, 0.1) is 13.8 Å². The van der Waals surface area contributed by atoms with E-state index in [9.17, 15) is 4.79 Å². The molecular weight excluding hydrogens is 388 g/mol. The van der Waals surface area contributed by atoms with Crippen LogP contribution in [0.25, 0.3) is 11.3 Å². The van der Waals surface area contributed by atoms with Crippen molar-refractivity contribution < 1.29 is 9.53 Å². The van der Waals surface area contributed by atoms with Gasteiger partial charge in [-0.2, -0.15) is 0 Å². The highest BCUT2D eigenvalue weighted by Crippen LogP contribution is 2.22. The maximum atomic E-state index is 12.9. The molecule has 0 aliphatic carbocycles. The van der Waals surface area contributed by atoms with E-state index < -0.39 is 0 Å². The SMILES string of the molecule is CCOc1ccc(-c2ccc(N3CCN(C(=O)c4cc(C)cc(C)c4)CC3)nn2)cc1. The molecule has 0 N–H and O–H groups in total. The zero-order valence-electron chi connectivity index (χ0n) is 18.3. The molecule has 1 fully saturated rings. The van der Waals surface area contributed by atoms with Gasteiger partial charge in [0.1, 0.15) is 5.75 Å². The molecule has 160 valence electrons. The molecule has 2 heterocycles. The normalized spacial score (nSPS) is 13.9. The molecule has 0 radical (unpaired) electrons. The average molecular weight is 417 g/mol. The summed E-state index contributed by atoms with van der Waals surface area (Å²) in [5.41, 5.74) is 4.84. The molecular formula is C25H28N4O2. The molecule has 3 aromatic rings. The minimum atomic E-state index is 0.100. The maximum Gasteiger partial charge on any atom is 0.253 e. The third kappa shape index (κ3) is 4.85. The lowest BCUT2D eigenvalue weighted by atomic mass is 10.1. The van der Waals surface area contributed by atoms with Gasteiger partial charge in [0.15, 0.2) is 5.82 Å². The summed E-state index contributed by atoms with van der Waals surface area (Å²) in [6, 6.07) is 17.9. The van der Waals surface area contributed by atoms with Gasteiger partial charge in [-0.1, -0.05) is 17.2 Å². The van der Waals surface area contributed by atoms with E-state index in [0.717, 1.165) is 52.6 Å². The highest BCUT2D eigenvalue weighted by Gasteiger charge is 2.23. The number of ether oxygens (including phenoxy) is 1. The third-order valence-corrected chi connectivity index (χ3v) is 5.47. The molecule has 0 atom stereocenters. The lowest BCUT2D eigenvalue weighted by Gasteiger charge is -2.35. The Bertz CT molecular complexity index is 1020. The molecule has 0 bridgehead atoms. The molecule has 31 heavy (non-hydrogen) atoms. The monoisotopic (exact) mass is 416 g/mol. The Hall–Kier alpha value is -3.41. The lowest BCUT2D eigenvalue weighted by Crippen LogP contribution is -2.49. The van der Waals surface area contributed by atoms with Gasteiger partial charge in [-0.3, -0.25) is 4.79 Å². The fourth-order valence-corrected chi connectivity index (χ4v) is 3.96. The predicted octanol–water partition coefficient (Wildman–Crippen LogP) is 4.12. The van der Waals surface area contributed by atoms with Crippen molar-refractivity contribution in [3.63, 3.8) is 0 Å². The molecule has 6 nitrogen and oxygen atoms in total. The minimum Gasteiger partial charge on any atom is -0.494 e. The first-order valence-corrected chi connectivity index (χ1v) is 10.7. The van der Waals surface area contributed by atoms with E-state index in [2.05, 4.69) is 21.2 Å². The predicted molar refractivity (Wildman–Crippen MR) is 123 cm³/mol. The molecule has 1 amide bonds. The van der Waals surface area contributed by atoms with Gasteiger partial charge >= 0.3 is 0 Å². The van der Waals surface area contributed by atoms with Crippen molar-refractivity contribution in [3.8, 4) is 17.0 Å². The smallest absolute Gasteiger partial charge is 0.253 e. The van der Waals surface area contributed by atoms with Crippen LogP contribution >= 0.6 is 0 Å². The second-order valence-electron chi connectivity index (χ2n) is 7.89. The van der Waals surface area contributed by atoms with Crippen LogP contribution in [-0.4, -0.2) is 53.8 Å². The number of carbonyl (C=O) groups excluding carboxylic acids is 1. The Labute approximate surface area is 183 Å². The van der Waals surface area contributed by atoms with Gasteiger partial charge in [0.05, 0.1) is 12.3 Å². The summed E-state index contributed by atoms with van der Waals surface area (Å²) in [7, 11) is 0. The molecule has 6 heteroatoms. The van der Waals surface area contributed by atoms with Crippen molar-refractivity contribution in [1.82, 2.24) is 15.1 Å².